The lowest BCUT2D eigenvalue weighted by Crippen LogP contribution is -2.51. The molecule has 1 N–H and O–H groups in total. The van der Waals surface area contributed by atoms with Crippen molar-refractivity contribution in [2.45, 2.75) is 44.3 Å². The van der Waals surface area contributed by atoms with Crippen LogP contribution in [-0.4, -0.2) is 51.7 Å². The molecule has 1 saturated carbocycles. The second-order valence-electron chi connectivity index (χ2n) is 9.12. The van der Waals surface area contributed by atoms with Crippen molar-refractivity contribution in [3.05, 3.63) is 52.3 Å². The number of rotatable bonds is 4. The maximum atomic E-state index is 14.0. The fourth-order valence-corrected chi connectivity index (χ4v) is 4.65. The van der Waals surface area contributed by atoms with Crippen molar-refractivity contribution in [2.75, 3.05) is 19.6 Å². The van der Waals surface area contributed by atoms with Crippen molar-refractivity contribution in [1.82, 2.24) is 20.0 Å². The van der Waals surface area contributed by atoms with E-state index in [1.165, 1.54) is 18.9 Å². The van der Waals surface area contributed by atoms with E-state index < -0.39 is 23.1 Å². The van der Waals surface area contributed by atoms with Crippen LogP contribution in [0.4, 0.5) is 8.78 Å². The third-order valence-corrected chi connectivity index (χ3v) is 6.87. The molecule has 0 unspecified atom stereocenters. The van der Waals surface area contributed by atoms with Gasteiger partial charge in [0.25, 0.3) is 11.8 Å². The molecule has 1 aliphatic carbocycles. The Morgan fingerprint density at radius 3 is 2.69 bits per heavy atom. The van der Waals surface area contributed by atoms with E-state index in [9.17, 15) is 18.4 Å². The van der Waals surface area contributed by atoms with Gasteiger partial charge in [0.15, 0.2) is 5.69 Å². The zero-order chi connectivity index (χ0) is 22.5. The second-order valence-corrected chi connectivity index (χ2v) is 9.12. The van der Waals surface area contributed by atoms with E-state index in [4.69, 9.17) is 4.74 Å². The van der Waals surface area contributed by atoms with Crippen molar-refractivity contribution < 1.29 is 23.1 Å². The van der Waals surface area contributed by atoms with Crippen LogP contribution in [0, 0.1) is 17.6 Å². The van der Waals surface area contributed by atoms with E-state index in [1.807, 2.05) is 7.05 Å². The van der Waals surface area contributed by atoms with Crippen LogP contribution < -0.4 is 5.32 Å². The molecule has 0 bridgehead atoms. The van der Waals surface area contributed by atoms with Crippen LogP contribution in [0.15, 0.2) is 18.2 Å². The zero-order valence-corrected chi connectivity index (χ0v) is 18.0. The summed E-state index contributed by atoms with van der Waals surface area (Å²) in [6.07, 6.45) is 4.12. The number of likely N-dealkylation sites (tertiary alicyclic amines) is 1. The fraction of sp³-hybridized carbons (Fsp3) is 0.522. The topological polar surface area (TPSA) is 76.5 Å². The van der Waals surface area contributed by atoms with Gasteiger partial charge >= 0.3 is 0 Å². The van der Waals surface area contributed by atoms with E-state index in [-0.39, 0.29) is 11.5 Å². The van der Waals surface area contributed by atoms with Crippen molar-refractivity contribution in [3.8, 4) is 0 Å². The quantitative estimate of drug-likeness (QED) is 0.787. The van der Waals surface area contributed by atoms with Crippen molar-refractivity contribution >= 4 is 11.8 Å². The van der Waals surface area contributed by atoms with Gasteiger partial charge in [-0.05, 0) is 43.7 Å². The number of piperidine rings is 1. The van der Waals surface area contributed by atoms with E-state index in [0.29, 0.717) is 57.1 Å². The molecular formula is C23H26F2N4O3. The molecule has 9 heteroatoms. The molecule has 0 atom stereocenters. The summed E-state index contributed by atoms with van der Waals surface area (Å²) in [4.78, 5) is 26.9. The van der Waals surface area contributed by atoms with E-state index in [0.717, 1.165) is 23.4 Å². The molecule has 2 aliphatic heterocycles. The molecule has 2 fully saturated rings. The lowest BCUT2D eigenvalue weighted by atomic mass is 9.83. The number of carbonyl (C=O) groups is 2. The lowest BCUT2D eigenvalue weighted by Gasteiger charge is -2.43. The smallest absolute Gasteiger partial charge is 0.272 e. The summed E-state index contributed by atoms with van der Waals surface area (Å²) in [7, 11) is 1.84. The molecule has 32 heavy (non-hydrogen) atoms. The maximum absolute atomic E-state index is 14.0. The van der Waals surface area contributed by atoms with Crippen molar-refractivity contribution in [1.29, 1.82) is 0 Å². The normalized spacial score (nSPS) is 19.7. The highest BCUT2D eigenvalue weighted by atomic mass is 19.1. The molecule has 0 radical (unpaired) electrons. The van der Waals surface area contributed by atoms with Gasteiger partial charge in [0.05, 0.1) is 17.8 Å². The minimum atomic E-state index is -0.851. The number of halogens is 2. The third kappa shape index (κ3) is 3.90. The molecule has 170 valence electrons. The predicted octanol–water partition coefficient (Wildman–Crippen LogP) is 2.59. The van der Waals surface area contributed by atoms with Crippen LogP contribution >= 0.6 is 0 Å². The lowest BCUT2D eigenvalue weighted by molar-refractivity contribution is -0.0990. The van der Waals surface area contributed by atoms with Gasteiger partial charge in [0, 0.05) is 50.4 Å². The molecule has 2 aromatic rings. The predicted molar refractivity (Wildman–Crippen MR) is 111 cm³/mol. The van der Waals surface area contributed by atoms with Crippen molar-refractivity contribution in [3.63, 3.8) is 0 Å². The molecule has 3 heterocycles. The number of ether oxygens (including phenoxy) is 1. The van der Waals surface area contributed by atoms with Gasteiger partial charge < -0.3 is 15.0 Å². The maximum Gasteiger partial charge on any atom is 0.272 e. The first kappa shape index (κ1) is 21.1. The molecular weight excluding hydrogens is 418 g/mol. The Hall–Kier alpha value is -2.81. The highest BCUT2D eigenvalue weighted by molar-refractivity contribution is 5.95. The van der Waals surface area contributed by atoms with Crippen LogP contribution in [0.25, 0.3) is 0 Å². The Bertz CT molecular complexity index is 1070. The van der Waals surface area contributed by atoms with Gasteiger partial charge in [-0.3, -0.25) is 14.3 Å². The standard InChI is InChI=1S/C23H26F2N4O3/c1-28-19-11-23(32-13-17(19)20(27-28)21(30)26-12-14-2-3-14)6-8-29(9-7-23)22(31)16-5-4-15(24)10-18(16)25/h4-5,10,14H,2-3,6-9,11-13H2,1H3,(H,26,30). The van der Waals surface area contributed by atoms with Gasteiger partial charge in [-0.25, -0.2) is 8.78 Å². The number of hydrogen-bond acceptors (Lipinski definition) is 4. The summed E-state index contributed by atoms with van der Waals surface area (Å²) < 4.78 is 35.2. The highest BCUT2D eigenvalue weighted by Crippen LogP contribution is 2.37. The number of nitrogens with one attached hydrogen (secondary N) is 1. The van der Waals surface area contributed by atoms with E-state index >= 15 is 0 Å². The summed E-state index contributed by atoms with van der Waals surface area (Å²) in [5.41, 5.74) is 1.68. The molecule has 5 rings (SSSR count). The first-order chi connectivity index (χ1) is 15.3. The first-order valence-corrected chi connectivity index (χ1v) is 11.1. The van der Waals surface area contributed by atoms with Gasteiger partial charge in [0.2, 0.25) is 0 Å². The van der Waals surface area contributed by atoms with Crippen LogP contribution in [0.5, 0.6) is 0 Å². The Morgan fingerprint density at radius 1 is 1.25 bits per heavy atom. The molecule has 2 amide bonds. The number of nitrogens with zero attached hydrogens (tertiary/aromatic N) is 3. The van der Waals surface area contributed by atoms with Crippen molar-refractivity contribution in [2.24, 2.45) is 13.0 Å². The number of aromatic nitrogens is 2. The fourth-order valence-electron chi connectivity index (χ4n) is 4.65. The van der Waals surface area contributed by atoms with Gasteiger partial charge in [-0.15, -0.1) is 0 Å². The number of benzene rings is 1. The Morgan fingerprint density at radius 2 is 2.00 bits per heavy atom. The minimum absolute atomic E-state index is 0.123. The number of amides is 2. The van der Waals surface area contributed by atoms with Gasteiger partial charge in [0.1, 0.15) is 11.6 Å². The number of hydrogen-bond donors (Lipinski definition) is 1. The molecule has 1 aromatic heterocycles. The number of fused-ring (bicyclic) bond motifs is 1. The summed E-state index contributed by atoms with van der Waals surface area (Å²) >= 11 is 0. The third-order valence-electron chi connectivity index (χ3n) is 6.87. The summed E-state index contributed by atoms with van der Waals surface area (Å²) in [6.45, 7) is 1.82. The average molecular weight is 444 g/mol. The van der Waals surface area contributed by atoms with E-state index in [2.05, 4.69) is 10.4 Å². The van der Waals surface area contributed by atoms with Gasteiger partial charge in [-0.1, -0.05) is 0 Å². The second kappa shape index (κ2) is 7.95. The number of carbonyl (C=O) groups excluding carboxylic acids is 2. The Balaban J connectivity index is 1.26. The number of aryl methyl sites for hydroxylation is 1. The molecule has 1 spiro atoms. The monoisotopic (exact) mass is 444 g/mol. The zero-order valence-electron chi connectivity index (χ0n) is 18.0. The summed E-state index contributed by atoms with van der Waals surface area (Å²) in [5, 5.41) is 7.42. The van der Waals surface area contributed by atoms with Gasteiger partial charge in [-0.2, -0.15) is 5.10 Å². The summed E-state index contributed by atoms with van der Waals surface area (Å²) in [6, 6.07) is 3.01. The highest BCUT2D eigenvalue weighted by Gasteiger charge is 2.42. The Labute approximate surface area is 184 Å². The van der Waals surface area contributed by atoms with Crippen LogP contribution in [-0.2, 0) is 24.8 Å². The van der Waals surface area contributed by atoms with Crippen LogP contribution in [0.1, 0.15) is 57.8 Å². The first-order valence-electron chi connectivity index (χ1n) is 11.1. The Kier molecular flexibility index (Phi) is 5.23. The van der Waals surface area contributed by atoms with Crippen LogP contribution in [0.3, 0.4) is 0 Å². The van der Waals surface area contributed by atoms with Crippen LogP contribution in [0.2, 0.25) is 0 Å². The molecule has 3 aliphatic rings. The largest absolute Gasteiger partial charge is 0.370 e. The van der Waals surface area contributed by atoms with E-state index in [1.54, 1.807) is 9.58 Å². The molecule has 7 nitrogen and oxygen atoms in total. The molecule has 1 saturated heterocycles. The summed E-state index contributed by atoms with van der Waals surface area (Å²) in [5.74, 6) is -1.57. The molecule has 1 aromatic carbocycles. The SMILES string of the molecule is Cn1nc(C(=O)NCC2CC2)c2c1CC1(CCN(C(=O)c3ccc(F)cc3F)CC1)OC2. The minimum Gasteiger partial charge on any atom is -0.370 e. The average Bonchev–Trinajstić information content (AvgIpc) is 3.55.